The summed E-state index contributed by atoms with van der Waals surface area (Å²) in [5, 5.41) is 0.425. The maximum atomic E-state index is 13.3. The second kappa shape index (κ2) is 6.42. The van der Waals surface area contributed by atoms with Crippen LogP contribution in [0, 0.1) is 0 Å². The van der Waals surface area contributed by atoms with Gasteiger partial charge in [-0.2, -0.15) is 4.39 Å². The summed E-state index contributed by atoms with van der Waals surface area (Å²) in [6.07, 6.45) is -2.23. The number of rotatable bonds is 4. The molecule has 0 aliphatic rings. The molecule has 0 spiro atoms. The van der Waals surface area contributed by atoms with Crippen LogP contribution >= 0.6 is 39.1 Å². The lowest BCUT2D eigenvalue weighted by molar-refractivity contribution is -0.159. The molecule has 1 unspecified atom stereocenters. The van der Waals surface area contributed by atoms with Gasteiger partial charge in [0.25, 0.3) is 0 Å². The Morgan fingerprint density at radius 2 is 2.12 bits per heavy atom. The molecule has 0 N–H and O–H groups in total. The van der Waals surface area contributed by atoms with E-state index in [2.05, 4.69) is 20.7 Å². The molecule has 0 aromatic heterocycles. The third-order valence-electron chi connectivity index (χ3n) is 1.68. The quantitative estimate of drug-likeness (QED) is 0.611. The SMILES string of the molecule is CCOC(=O)C(F)Oc1cc(Cl)c(Br)cc1Cl. The smallest absolute Gasteiger partial charge is 0.381 e. The zero-order valence-corrected chi connectivity index (χ0v) is 11.8. The first-order valence-corrected chi connectivity index (χ1v) is 6.12. The molecule has 1 aromatic rings. The molecule has 0 aliphatic carbocycles. The van der Waals surface area contributed by atoms with Crippen LogP contribution in [0.25, 0.3) is 0 Å². The van der Waals surface area contributed by atoms with Gasteiger partial charge < -0.3 is 9.47 Å². The lowest BCUT2D eigenvalue weighted by atomic mass is 10.3. The van der Waals surface area contributed by atoms with Crippen molar-refractivity contribution in [3.05, 3.63) is 26.7 Å². The van der Waals surface area contributed by atoms with Crippen molar-refractivity contribution in [2.45, 2.75) is 13.3 Å². The maximum Gasteiger partial charge on any atom is 0.381 e. The number of halogens is 4. The van der Waals surface area contributed by atoms with E-state index in [9.17, 15) is 9.18 Å². The van der Waals surface area contributed by atoms with E-state index in [1.54, 1.807) is 6.92 Å². The number of alkyl halides is 1. The first-order chi connectivity index (χ1) is 7.95. The molecule has 0 fully saturated rings. The fourth-order valence-corrected chi connectivity index (χ4v) is 1.80. The van der Waals surface area contributed by atoms with E-state index in [0.29, 0.717) is 9.50 Å². The molecule has 1 rings (SSSR count). The number of benzene rings is 1. The molecule has 1 atom stereocenters. The Balaban J connectivity index is 2.81. The lowest BCUT2D eigenvalue weighted by Crippen LogP contribution is -2.24. The van der Waals surface area contributed by atoms with Gasteiger partial charge in [0.05, 0.1) is 16.7 Å². The summed E-state index contributed by atoms with van der Waals surface area (Å²) in [6, 6.07) is 2.75. The number of esters is 1. The minimum absolute atomic E-state index is 0.0274. The molecule has 0 bridgehead atoms. The highest BCUT2D eigenvalue weighted by Gasteiger charge is 2.22. The van der Waals surface area contributed by atoms with Gasteiger partial charge >= 0.3 is 12.3 Å². The van der Waals surface area contributed by atoms with Gasteiger partial charge in [-0.15, -0.1) is 0 Å². The molecule has 0 aliphatic heterocycles. The van der Waals surface area contributed by atoms with E-state index < -0.39 is 12.3 Å². The summed E-state index contributed by atoms with van der Waals surface area (Å²) in [5.74, 6) is -1.14. The standard InChI is InChI=1S/C10H8BrCl2FO3/c1-2-16-10(15)9(14)17-8-4-6(12)5(11)3-7(8)13/h3-4,9H,2H2,1H3. The van der Waals surface area contributed by atoms with Gasteiger partial charge in [0.15, 0.2) is 0 Å². The molecular weight excluding hydrogens is 338 g/mol. The Bertz CT molecular complexity index is 428. The van der Waals surface area contributed by atoms with Crippen LogP contribution in [0.3, 0.4) is 0 Å². The molecule has 7 heteroatoms. The van der Waals surface area contributed by atoms with Crippen molar-refractivity contribution in [2.24, 2.45) is 0 Å². The van der Waals surface area contributed by atoms with Crippen LogP contribution in [0.5, 0.6) is 5.75 Å². The van der Waals surface area contributed by atoms with Crippen molar-refractivity contribution in [3.8, 4) is 5.75 Å². The number of ether oxygens (including phenoxy) is 2. The molecular formula is C10H8BrCl2FO3. The van der Waals surface area contributed by atoms with Crippen LogP contribution in [0.4, 0.5) is 4.39 Å². The number of carbonyl (C=O) groups excluding carboxylic acids is 1. The molecule has 17 heavy (non-hydrogen) atoms. The van der Waals surface area contributed by atoms with Crippen molar-refractivity contribution in [3.63, 3.8) is 0 Å². The van der Waals surface area contributed by atoms with Crippen molar-refractivity contribution < 1.29 is 18.7 Å². The average Bonchev–Trinajstić information content (AvgIpc) is 2.26. The van der Waals surface area contributed by atoms with Crippen LogP contribution in [-0.4, -0.2) is 18.9 Å². The third-order valence-corrected chi connectivity index (χ3v) is 3.17. The highest BCUT2D eigenvalue weighted by molar-refractivity contribution is 9.10. The van der Waals surface area contributed by atoms with Gasteiger partial charge in [-0.25, -0.2) is 4.79 Å². The molecule has 0 saturated carbocycles. The summed E-state index contributed by atoms with van der Waals surface area (Å²) in [6.45, 7) is 1.63. The van der Waals surface area contributed by atoms with E-state index in [4.69, 9.17) is 27.9 Å². The molecule has 0 saturated heterocycles. The first kappa shape index (κ1) is 14.5. The monoisotopic (exact) mass is 344 g/mol. The van der Waals surface area contributed by atoms with E-state index in [1.165, 1.54) is 12.1 Å². The van der Waals surface area contributed by atoms with Crippen molar-refractivity contribution in [1.82, 2.24) is 0 Å². The van der Waals surface area contributed by atoms with Crippen LogP contribution in [0.15, 0.2) is 16.6 Å². The summed E-state index contributed by atoms with van der Waals surface area (Å²) < 4.78 is 23.0. The lowest BCUT2D eigenvalue weighted by Gasteiger charge is -2.12. The van der Waals surface area contributed by atoms with Crippen LogP contribution in [0.2, 0.25) is 10.0 Å². The minimum atomic E-state index is -2.23. The highest BCUT2D eigenvalue weighted by atomic mass is 79.9. The molecule has 1 aromatic carbocycles. The predicted molar refractivity (Wildman–Crippen MR) is 66.3 cm³/mol. The normalized spacial score (nSPS) is 12.1. The molecule has 94 valence electrons. The van der Waals surface area contributed by atoms with Crippen molar-refractivity contribution in [1.29, 1.82) is 0 Å². The van der Waals surface area contributed by atoms with Gasteiger partial charge in [0, 0.05) is 10.5 Å². The van der Waals surface area contributed by atoms with Gasteiger partial charge in [-0.3, -0.25) is 0 Å². The van der Waals surface area contributed by atoms with Gasteiger partial charge in [-0.1, -0.05) is 23.2 Å². The van der Waals surface area contributed by atoms with E-state index in [-0.39, 0.29) is 17.4 Å². The molecule has 0 amide bonds. The van der Waals surface area contributed by atoms with Crippen LogP contribution < -0.4 is 4.74 Å². The fourth-order valence-electron chi connectivity index (χ4n) is 0.962. The maximum absolute atomic E-state index is 13.3. The van der Waals surface area contributed by atoms with E-state index >= 15 is 0 Å². The molecule has 0 radical (unpaired) electrons. The summed E-state index contributed by atoms with van der Waals surface area (Å²) in [4.78, 5) is 11.0. The number of carbonyl (C=O) groups is 1. The second-order valence-electron chi connectivity index (χ2n) is 2.88. The Hall–Kier alpha value is -0.520. The van der Waals surface area contributed by atoms with E-state index in [0.717, 1.165) is 0 Å². The summed E-state index contributed by atoms with van der Waals surface area (Å²) in [5.41, 5.74) is 0. The Labute approximate surface area is 116 Å². The average molecular weight is 346 g/mol. The Morgan fingerprint density at radius 3 is 2.71 bits per heavy atom. The van der Waals surface area contributed by atoms with Gasteiger partial charge in [0.2, 0.25) is 0 Å². The number of hydrogen-bond acceptors (Lipinski definition) is 3. The topological polar surface area (TPSA) is 35.5 Å². The number of hydrogen-bond donors (Lipinski definition) is 0. The van der Waals surface area contributed by atoms with Gasteiger partial charge in [-0.05, 0) is 28.9 Å². The predicted octanol–water partition coefficient (Wildman–Crippen LogP) is 3.99. The largest absolute Gasteiger partial charge is 0.461 e. The fraction of sp³-hybridized carbons (Fsp3) is 0.300. The highest BCUT2D eigenvalue weighted by Crippen LogP contribution is 2.34. The zero-order chi connectivity index (χ0) is 13.0. The van der Waals surface area contributed by atoms with Crippen molar-refractivity contribution >= 4 is 45.1 Å². The van der Waals surface area contributed by atoms with E-state index in [1.807, 2.05) is 0 Å². The second-order valence-corrected chi connectivity index (χ2v) is 4.55. The summed E-state index contributed by atoms with van der Waals surface area (Å²) in [7, 11) is 0. The Kier molecular flexibility index (Phi) is 5.49. The third kappa shape index (κ3) is 4.01. The van der Waals surface area contributed by atoms with Crippen LogP contribution in [-0.2, 0) is 9.53 Å². The molecule has 3 nitrogen and oxygen atoms in total. The first-order valence-electron chi connectivity index (χ1n) is 4.57. The summed E-state index contributed by atoms with van der Waals surface area (Å²) >= 11 is 14.7. The van der Waals surface area contributed by atoms with Crippen molar-refractivity contribution in [2.75, 3.05) is 6.61 Å². The zero-order valence-electron chi connectivity index (χ0n) is 8.68. The van der Waals surface area contributed by atoms with Crippen LogP contribution in [0.1, 0.15) is 6.92 Å². The van der Waals surface area contributed by atoms with Gasteiger partial charge in [0.1, 0.15) is 5.75 Å². The minimum Gasteiger partial charge on any atom is -0.461 e. The molecule has 0 heterocycles. The Morgan fingerprint density at radius 1 is 1.47 bits per heavy atom.